The van der Waals surface area contributed by atoms with E-state index in [0.717, 1.165) is 33.4 Å². The van der Waals surface area contributed by atoms with E-state index in [1.54, 1.807) is 35.7 Å². The predicted octanol–water partition coefficient (Wildman–Crippen LogP) is 4.46. The van der Waals surface area contributed by atoms with Crippen molar-refractivity contribution >= 4 is 51.7 Å². The van der Waals surface area contributed by atoms with Crippen molar-refractivity contribution in [3.05, 3.63) is 72.0 Å². The highest BCUT2D eigenvalue weighted by atomic mass is 32.1. The number of hydrogen-bond donors (Lipinski definition) is 1. The average Bonchev–Trinajstić information content (AvgIpc) is 3.46. The minimum absolute atomic E-state index is 0.0749. The first kappa shape index (κ1) is 26.3. The van der Waals surface area contributed by atoms with E-state index in [-0.39, 0.29) is 5.91 Å². The summed E-state index contributed by atoms with van der Waals surface area (Å²) in [6, 6.07) is 15.5. The van der Waals surface area contributed by atoms with E-state index in [2.05, 4.69) is 32.4 Å². The summed E-state index contributed by atoms with van der Waals surface area (Å²) >= 11 is 1.58. The van der Waals surface area contributed by atoms with Gasteiger partial charge >= 0.3 is 7.12 Å². The van der Waals surface area contributed by atoms with Gasteiger partial charge in [0.05, 0.1) is 26.9 Å². The molecule has 1 N–H and O–H groups in total. The molecule has 0 unspecified atom stereocenters. The number of nitrogens with one attached hydrogen (secondary N) is 1. The van der Waals surface area contributed by atoms with Gasteiger partial charge in [0.25, 0.3) is 0 Å². The maximum absolute atomic E-state index is 13.7. The Morgan fingerprint density at radius 2 is 1.71 bits per heavy atom. The van der Waals surface area contributed by atoms with Crippen molar-refractivity contribution in [2.45, 2.75) is 57.8 Å². The third-order valence-electron chi connectivity index (χ3n) is 7.40. The molecule has 8 nitrogen and oxygen atoms in total. The fourth-order valence-electron chi connectivity index (χ4n) is 4.30. The molecule has 196 valence electrons. The highest BCUT2D eigenvalue weighted by molar-refractivity contribution is 7.16. The van der Waals surface area contributed by atoms with Crippen molar-refractivity contribution in [1.82, 2.24) is 15.0 Å². The Hall–Kier alpha value is -3.34. The Labute approximate surface area is 227 Å². The molecule has 1 aliphatic heterocycles. The number of likely N-dealkylation sites (N-methyl/N-ethyl adjacent to an activating group) is 1. The van der Waals surface area contributed by atoms with Gasteiger partial charge in [-0.1, -0.05) is 30.3 Å². The van der Waals surface area contributed by atoms with Crippen LogP contribution >= 0.6 is 11.3 Å². The van der Waals surface area contributed by atoms with E-state index >= 15 is 0 Å². The van der Waals surface area contributed by atoms with Gasteiger partial charge in [-0.3, -0.25) is 4.79 Å². The molecule has 5 rings (SSSR count). The second-order valence-electron chi connectivity index (χ2n) is 10.6. The van der Waals surface area contributed by atoms with Crippen LogP contribution in [-0.2, 0) is 20.5 Å². The van der Waals surface area contributed by atoms with Crippen LogP contribution in [0.2, 0.25) is 0 Å². The van der Waals surface area contributed by atoms with Gasteiger partial charge in [-0.05, 0) is 64.3 Å². The lowest BCUT2D eigenvalue weighted by molar-refractivity contribution is -0.119. The molecule has 0 aliphatic carbocycles. The van der Waals surface area contributed by atoms with Crippen LogP contribution in [0.15, 0.2) is 66.4 Å². The largest absolute Gasteiger partial charge is 0.498 e. The van der Waals surface area contributed by atoms with Crippen molar-refractivity contribution in [3.63, 3.8) is 0 Å². The number of aryl methyl sites for hydroxylation is 1. The first-order valence-corrected chi connectivity index (χ1v) is 13.6. The molecule has 10 heteroatoms. The fourth-order valence-corrected chi connectivity index (χ4v) is 4.96. The first-order valence-electron chi connectivity index (χ1n) is 12.7. The number of benzene rings is 2. The zero-order chi connectivity index (χ0) is 26.9. The van der Waals surface area contributed by atoms with Crippen molar-refractivity contribution in [1.29, 1.82) is 0 Å². The molecule has 1 amide bonds. The Bertz CT molecular complexity index is 1400. The number of anilines is 2. The lowest BCUT2D eigenvalue weighted by atomic mass is 9.81. The van der Waals surface area contributed by atoms with Crippen molar-refractivity contribution in [2.75, 3.05) is 17.3 Å². The van der Waals surface area contributed by atoms with Crippen molar-refractivity contribution in [3.8, 4) is 0 Å². The molecule has 38 heavy (non-hydrogen) atoms. The van der Waals surface area contributed by atoms with Gasteiger partial charge in [0, 0.05) is 30.6 Å². The van der Waals surface area contributed by atoms with E-state index in [0.29, 0.717) is 12.4 Å². The highest BCUT2D eigenvalue weighted by Crippen LogP contribution is 2.36. The molecule has 2 aromatic heterocycles. The second-order valence-corrected chi connectivity index (χ2v) is 11.4. The summed E-state index contributed by atoms with van der Waals surface area (Å²) < 4.78 is 13.3. The Morgan fingerprint density at radius 3 is 2.39 bits per heavy atom. The summed E-state index contributed by atoms with van der Waals surface area (Å²) in [5, 5.41) is 3.27. The van der Waals surface area contributed by atoms with E-state index < -0.39 is 24.4 Å². The summed E-state index contributed by atoms with van der Waals surface area (Å²) in [7, 11) is 1.24. The highest BCUT2D eigenvalue weighted by Gasteiger charge is 2.52. The second kappa shape index (κ2) is 10.4. The predicted molar refractivity (Wildman–Crippen MR) is 153 cm³/mol. The quantitative estimate of drug-likeness (QED) is 0.337. The molecule has 1 atom stereocenters. The van der Waals surface area contributed by atoms with Crippen LogP contribution in [0.1, 0.15) is 39.7 Å². The van der Waals surface area contributed by atoms with Gasteiger partial charge in [0.2, 0.25) is 11.9 Å². The molecule has 1 fully saturated rings. The third kappa shape index (κ3) is 5.43. The Kier molecular flexibility index (Phi) is 7.22. The van der Waals surface area contributed by atoms with Gasteiger partial charge in [-0.2, -0.15) is 0 Å². The van der Waals surface area contributed by atoms with E-state index in [9.17, 15) is 4.79 Å². The molecule has 0 radical (unpaired) electrons. The summed E-state index contributed by atoms with van der Waals surface area (Å²) in [5.74, 6) is 0.300. The van der Waals surface area contributed by atoms with Crippen LogP contribution in [0.3, 0.4) is 0 Å². The number of fused-ring (bicyclic) bond motifs is 1. The number of carbonyl (C=O) groups is 1. The van der Waals surface area contributed by atoms with Crippen LogP contribution in [0.25, 0.3) is 10.2 Å². The molecule has 3 heterocycles. The topological polar surface area (TPSA) is 89.5 Å². The molecule has 0 spiro atoms. The summed E-state index contributed by atoms with van der Waals surface area (Å²) in [4.78, 5) is 28.8. The molecule has 4 aromatic rings. The van der Waals surface area contributed by atoms with Gasteiger partial charge < -0.3 is 19.5 Å². The van der Waals surface area contributed by atoms with Gasteiger partial charge in [-0.25, -0.2) is 15.0 Å². The number of carbonyl (C=O) groups excluding carboxylic acids is 1. The van der Waals surface area contributed by atoms with Crippen LogP contribution < -0.4 is 15.7 Å². The zero-order valence-electron chi connectivity index (χ0n) is 22.3. The average molecular weight is 529 g/mol. The van der Waals surface area contributed by atoms with Crippen LogP contribution in [0.4, 0.5) is 11.6 Å². The number of hydrogen-bond acceptors (Lipinski definition) is 8. The SMILES string of the molecule is CN(C(=O)[C@H](CCc1ccccc1)Nc1ncc(B2OC(C)(C)C(C)(C)O2)cn1)c1ccc2scnc2c1. The zero-order valence-corrected chi connectivity index (χ0v) is 23.2. The molecular weight excluding hydrogens is 497 g/mol. The Morgan fingerprint density at radius 1 is 1.03 bits per heavy atom. The van der Waals surface area contributed by atoms with Crippen LogP contribution in [-0.4, -0.2) is 52.3 Å². The number of amides is 1. The molecule has 1 saturated heterocycles. The number of aromatic nitrogens is 3. The van der Waals surface area contributed by atoms with E-state index in [1.807, 2.05) is 69.6 Å². The first-order chi connectivity index (χ1) is 18.1. The van der Waals surface area contributed by atoms with Crippen molar-refractivity contribution < 1.29 is 14.1 Å². The normalized spacial score (nSPS) is 16.9. The summed E-state index contributed by atoms with van der Waals surface area (Å²) in [6.07, 6.45) is 4.69. The maximum Gasteiger partial charge on any atom is 0.498 e. The summed E-state index contributed by atoms with van der Waals surface area (Å²) in [6.45, 7) is 8.04. The van der Waals surface area contributed by atoms with Crippen LogP contribution in [0, 0.1) is 0 Å². The van der Waals surface area contributed by atoms with Crippen molar-refractivity contribution in [2.24, 2.45) is 0 Å². The smallest absolute Gasteiger partial charge is 0.399 e. The minimum atomic E-state index is -0.545. The van der Waals surface area contributed by atoms with E-state index in [4.69, 9.17) is 9.31 Å². The molecule has 0 saturated carbocycles. The molecule has 1 aliphatic rings. The van der Waals surface area contributed by atoms with Gasteiger partial charge in [-0.15, -0.1) is 11.3 Å². The van der Waals surface area contributed by atoms with E-state index in [1.165, 1.54) is 0 Å². The number of thiazole rings is 1. The fraction of sp³-hybridized carbons (Fsp3) is 0.357. The lowest BCUT2D eigenvalue weighted by Gasteiger charge is -2.32. The van der Waals surface area contributed by atoms with Gasteiger partial charge in [0.15, 0.2) is 0 Å². The standard InChI is InChI=1S/C28H32BN5O3S/c1-27(2)28(3,4)37-29(36-27)20-16-30-26(31-17-20)33-22(13-11-19-9-7-6-8-10-19)25(35)34(5)21-12-14-24-23(15-21)32-18-38-24/h6-10,12,14-18,22H,11,13H2,1-5H3,(H,30,31,33)/t22-/m0/s1. The van der Waals surface area contributed by atoms with Gasteiger partial charge in [0.1, 0.15) is 6.04 Å². The number of nitrogens with zero attached hydrogens (tertiary/aromatic N) is 4. The lowest BCUT2D eigenvalue weighted by Crippen LogP contribution is -2.42. The molecule has 2 aromatic carbocycles. The number of rotatable bonds is 8. The minimum Gasteiger partial charge on any atom is -0.399 e. The third-order valence-corrected chi connectivity index (χ3v) is 8.20. The maximum atomic E-state index is 13.7. The molecule has 0 bridgehead atoms. The molecular formula is C28H32BN5O3S. The van der Waals surface area contributed by atoms with Crippen LogP contribution in [0.5, 0.6) is 0 Å². The monoisotopic (exact) mass is 529 g/mol. The Balaban J connectivity index is 1.34. The summed E-state index contributed by atoms with van der Waals surface area (Å²) in [5.41, 5.74) is 4.47.